The van der Waals surface area contributed by atoms with Crippen molar-refractivity contribution in [2.24, 2.45) is 0 Å². The van der Waals surface area contributed by atoms with Crippen molar-refractivity contribution in [2.45, 2.75) is 23.8 Å². The van der Waals surface area contributed by atoms with Gasteiger partial charge in [0.05, 0.1) is 10.6 Å². The van der Waals surface area contributed by atoms with E-state index in [-0.39, 0.29) is 10.9 Å². The summed E-state index contributed by atoms with van der Waals surface area (Å²) in [7, 11) is -3.65. The fourth-order valence-electron chi connectivity index (χ4n) is 3.93. The summed E-state index contributed by atoms with van der Waals surface area (Å²) in [5.74, 6) is 0.0598. The van der Waals surface area contributed by atoms with Crippen molar-refractivity contribution < 1.29 is 23.2 Å². The van der Waals surface area contributed by atoms with E-state index in [4.69, 9.17) is 9.94 Å². The first kappa shape index (κ1) is 22.1. The zero-order valence-electron chi connectivity index (χ0n) is 17.5. The number of nitrogens with one attached hydrogen (secondary N) is 3. The van der Waals surface area contributed by atoms with E-state index in [1.54, 1.807) is 29.8 Å². The molecule has 170 valence electrons. The molecule has 1 saturated heterocycles. The number of hydroxylamine groups is 1. The van der Waals surface area contributed by atoms with Crippen LogP contribution in [0.5, 0.6) is 5.75 Å². The van der Waals surface area contributed by atoms with Crippen LogP contribution in [0.4, 0.5) is 11.4 Å². The van der Waals surface area contributed by atoms with Crippen molar-refractivity contribution in [1.29, 1.82) is 0 Å². The topological polar surface area (TPSA) is 120 Å². The van der Waals surface area contributed by atoms with Gasteiger partial charge in [0.1, 0.15) is 12.4 Å². The summed E-state index contributed by atoms with van der Waals surface area (Å²) >= 11 is 0. The minimum atomic E-state index is -3.65. The third-order valence-corrected chi connectivity index (χ3v) is 7.07. The van der Waals surface area contributed by atoms with E-state index in [0.717, 1.165) is 11.3 Å². The molecule has 0 unspecified atom stereocenters. The molecule has 4 rings (SSSR count). The van der Waals surface area contributed by atoms with Crippen LogP contribution in [0.2, 0.25) is 0 Å². The highest BCUT2D eigenvalue weighted by molar-refractivity contribution is 7.89. The SMILES string of the molecule is O=C(/C=C/c1ccccc1N1CCC(NS(=O)(=O)c2ccc3c(c2)NCCO3)CC1)NO. The molecule has 2 aliphatic heterocycles. The van der Waals surface area contributed by atoms with Crippen molar-refractivity contribution in [2.75, 3.05) is 36.5 Å². The normalized spacial score (nSPS) is 16.8. The van der Waals surface area contributed by atoms with Crippen LogP contribution in [-0.4, -0.2) is 51.8 Å². The van der Waals surface area contributed by atoms with Gasteiger partial charge in [-0.1, -0.05) is 18.2 Å². The Balaban J connectivity index is 1.40. The minimum absolute atomic E-state index is 0.167. The number of hydrogen-bond donors (Lipinski definition) is 4. The fourth-order valence-corrected chi connectivity index (χ4v) is 5.26. The van der Waals surface area contributed by atoms with Gasteiger partial charge in [0.2, 0.25) is 10.0 Å². The van der Waals surface area contributed by atoms with Crippen molar-refractivity contribution in [1.82, 2.24) is 10.2 Å². The number of rotatable bonds is 6. The van der Waals surface area contributed by atoms with Gasteiger partial charge in [-0.25, -0.2) is 18.6 Å². The van der Waals surface area contributed by atoms with E-state index in [9.17, 15) is 13.2 Å². The van der Waals surface area contributed by atoms with E-state index < -0.39 is 15.9 Å². The van der Waals surface area contributed by atoms with Gasteiger partial charge in [-0.2, -0.15) is 0 Å². The van der Waals surface area contributed by atoms with E-state index in [1.165, 1.54) is 6.08 Å². The van der Waals surface area contributed by atoms with Crippen LogP contribution < -0.4 is 25.2 Å². The third kappa shape index (κ3) is 5.04. The van der Waals surface area contributed by atoms with Crippen molar-refractivity contribution in [3.05, 3.63) is 54.1 Å². The second-order valence-electron chi connectivity index (χ2n) is 7.68. The van der Waals surface area contributed by atoms with E-state index >= 15 is 0 Å². The average molecular weight is 459 g/mol. The summed E-state index contributed by atoms with van der Waals surface area (Å²) in [6.07, 6.45) is 4.21. The molecule has 2 aliphatic rings. The van der Waals surface area contributed by atoms with Crippen molar-refractivity contribution in [3.8, 4) is 5.75 Å². The number of para-hydroxylation sites is 1. The number of ether oxygens (including phenoxy) is 1. The predicted octanol–water partition coefficient (Wildman–Crippen LogP) is 1.96. The maximum atomic E-state index is 12.9. The number of sulfonamides is 1. The van der Waals surface area contributed by atoms with E-state index in [1.807, 2.05) is 24.3 Å². The van der Waals surface area contributed by atoms with Crippen molar-refractivity contribution >= 4 is 33.4 Å². The van der Waals surface area contributed by atoms with Crippen LogP contribution in [-0.2, 0) is 14.8 Å². The Morgan fingerprint density at radius 1 is 1.19 bits per heavy atom. The van der Waals surface area contributed by atoms with E-state index in [2.05, 4.69) is 14.9 Å². The molecular weight excluding hydrogens is 432 g/mol. The maximum absolute atomic E-state index is 12.9. The number of piperidine rings is 1. The summed E-state index contributed by atoms with van der Waals surface area (Å²) < 4.78 is 34.2. The van der Waals surface area contributed by atoms with Gasteiger partial charge < -0.3 is 15.0 Å². The van der Waals surface area contributed by atoms with Gasteiger partial charge >= 0.3 is 0 Å². The largest absolute Gasteiger partial charge is 0.490 e. The van der Waals surface area contributed by atoms with E-state index in [0.29, 0.717) is 50.5 Å². The smallest absolute Gasteiger partial charge is 0.267 e. The Labute approximate surface area is 187 Å². The summed E-state index contributed by atoms with van der Waals surface area (Å²) in [4.78, 5) is 13.7. The number of fused-ring (bicyclic) bond motifs is 1. The Hall–Kier alpha value is -3.08. The highest BCUT2D eigenvalue weighted by Gasteiger charge is 2.26. The Bertz CT molecular complexity index is 1110. The monoisotopic (exact) mass is 458 g/mol. The van der Waals surface area contributed by atoms with Crippen LogP contribution in [0, 0.1) is 0 Å². The number of nitrogens with zero attached hydrogens (tertiary/aromatic N) is 1. The summed E-state index contributed by atoms with van der Waals surface area (Å²) in [5, 5.41) is 11.8. The molecule has 1 fully saturated rings. The molecule has 2 aromatic rings. The lowest BCUT2D eigenvalue weighted by molar-refractivity contribution is -0.124. The van der Waals surface area contributed by atoms with Gasteiger partial charge in [-0.05, 0) is 48.7 Å². The van der Waals surface area contributed by atoms with Crippen LogP contribution in [0.1, 0.15) is 18.4 Å². The van der Waals surface area contributed by atoms with Crippen molar-refractivity contribution in [3.63, 3.8) is 0 Å². The number of benzene rings is 2. The zero-order valence-corrected chi connectivity index (χ0v) is 18.3. The molecule has 0 aromatic heterocycles. The molecule has 4 N–H and O–H groups in total. The van der Waals surface area contributed by atoms with Gasteiger partial charge in [-0.3, -0.25) is 10.0 Å². The van der Waals surface area contributed by atoms with Gasteiger partial charge in [0, 0.05) is 37.4 Å². The Morgan fingerprint density at radius 3 is 2.75 bits per heavy atom. The van der Waals surface area contributed by atoms with Gasteiger partial charge in [0.25, 0.3) is 5.91 Å². The van der Waals surface area contributed by atoms with Gasteiger partial charge in [-0.15, -0.1) is 0 Å². The minimum Gasteiger partial charge on any atom is -0.490 e. The quantitative estimate of drug-likeness (QED) is 0.297. The molecule has 9 nitrogen and oxygen atoms in total. The van der Waals surface area contributed by atoms with Crippen LogP contribution in [0.25, 0.3) is 6.08 Å². The molecule has 2 aromatic carbocycles. The molecule has 32 heavy (non-hydrogen) atoms. The first-order chi connectivity index (χ1) is 15.5. The number of carbonyl (C=O) groups excluding carboxylic acids is 1. The lowest BCUT2D eigenvalue weighted by Crippen LogP contribution is -2.44. The maximum Gasteiger partial charge on any atom is 0.267 e. The Kier molecular flexibility index (Phi) is 6.63. The second-order valence-corrected chi connectivity index (χ2v) is 9.40. The molecule has 2 heterocycles. The molecule has 0 bridgehead atoms. The second kappa shape index (κ2) is 9.60. The van der Waals surface area contributed by atoms with Crippen LogP contribution in [0.15, 0.2) is 53.4 Å². The molecule has 1 amide bonds. The summed E-state index contributed by atoms with van der Waals surface area (Å²) in [6, 6.07) is 12.3. The number of hydrogen-bond acceptors (Lipinski definition) is 7. The third-order valence-electron chi connectivity index (χ3n) is 5.56. The molecule has 0 spiro atoms. The predicted molar refractivity (Wildman–Crippen MR) is 121 cm³/mol. The Morgan fingerprint density at radius 2 is 1.97 bits per heavy atom. The van der Waals surface area contributed by atoms with Crippen LogP contribution in [0.3, 0.4) is 0 Å². The highest BCUT2D eigenvalue weighted by Crippen LogP contribution is 2.30. The average Bonchev–Trinajstić information content (AvgIpc) is 2.82. The highest BCUT2D eigenvalue weighted by atomic mass is 32.2. The summed E-state index contributed by atoms with van der Waals surface area (Å²) in [6.45, 7) is 2.54. The number of anilines is 2. The molecule has 0 atom stereocenters. The first-order valence-electron chi connectivity index (χ1n) is 10.5. The number of carbonyl (C=O) groups is 1. The van der Waals surface area contributed by atoms with Gasteiger partial charge in [0.15, 0.2) is 0 Å². The standard InChI is InChI=1S/C22H26N4O5S/c27-22(24-28)8-5-16-3-1-2-4-20(16)26-12-9-17(10-13-26)25-32(29,30)18-6-7-21-19(15-18)23-11-14-31-21/h1-8,15,17,23,25,28H,9-14H2,(H,24,27)/b8-5+. The fraction of sp³-hybridized carbons (Fsp3) is 0.318. The molecule has 0 saturated carbocycles. The van der Waals surface area contributed by atoms with Crippen LogP contribution >= 0.6 is 0 Å². The molecule has 10 heteroatoms. The summed E-state index contributed by atoms with van der Waals surface area (Å²) in [5.41, 5.74) is 4.07. The zero-order chi connectivity index (χ0) is 22.6. The molecule has 0 radical (unpaired) electrons. The molecule has 0 aliphatic carbocycles. The first-order valence-corrected chi connectivity index (χ1v) is 11.9. The lowest BCUT2D eigenvalue weighted by atomic mass is 10.0. The molecular formula is C22H26N4O5S. The number of amides is 1. The lowest BCUT2D eigenvalue weighted by Gasteiger charge is -2.34.